The molecule has 2 unspecified atom stereocenters. The molecule has 41 heavy (non-hydrogen) atoms. The molecular weight excluding hydrogens is 516 g/mol. The van der Waals surface area contributed by atoms with Crippen LogP contribution in [0.4, 0.5) is 17.1 Å². The van der Waals surface area contributed by atoms with Gasteiger partial charge in [0.2, 0.25) is 11.8 Å². The summed E-state index contributed by atoms with van der Waals surface area (Å²) in [6.45, 7) is 7.81. The number of hydrogen-bond donors (Lipinski definition) is 1. The van der Waals surface area contributed by atoms with E-state index >= 15 is 0 Å². The van der Waals surface area contributed by atoms with Crippen molar-refractivity contribution in [2.75, 3.05) is 29.9 Å². The number of hydrogen-bond acceptors (Lipinski definition) is 5. The first-order valence-corrected chi connectivity index (χ1v) is 14.7. The average Bonchev–Trinajstić information content (AvgIpc) is 3.54. The van der Waals surface area contributed by atoms with Crippen molar-refractivity contribution in [2.24, 2.45) is 5.41 Å². The molecule has 7 rings (SSSR count). The van der Waals surface area contributed by atoms with Gasteiger partial charge in [0.15, 0.2) is 0 Å². The lowest BCUT2D eigenvalue weighted by Gasteiger charge is -2.44. The number of carbonyl (C=O) groups excluding carboxylic acids is 3. The summed E-state index contributed by atoms with van der Waals surface area (Å²) < 4.78 is 1.94. The average molecular weight is 553 g/mol. The summed E-state index contributed by atoms with van der Waals surface area (Å²) in [6.07, 6.45) is 10.1. The van der Waals surface area contributed by atoms with Crippen molar-refractivity contribution >= 4 is 45.6 Å². The Morgan fingerprint density at radius 2 is 1.98 bits per heavy atom. The molecular formula is C32H36N6O3. The van der Waals surface area contributed by atoms with Crippen LogP contribution in [0.15, 0.2) is 55.0 Å². The molecule has 2 aromatic carbocycles. The Morgan fingerprint density at radius 1 is 1.15 bits per heavy atom. The van der Waals surface area contributed by atoms with Crippen LogP contribution in [0.1, 0.15) is 68.3 Å². The largest absolute Gasteiger partial charge is 0.342 e. The van der Waals surface area contributed by atoms with Gasteiger partial charge in [-0.1, -0.05) is 32.1 Å². The predicted molar refractivity (Wildman–Crippen MR) is 158 cm³/mol. The molecule has 1 aliphatic carbocycles. The molecule has 1 aromatic heterocycles. The van der Waals surface area contributed by atoms with Crippen molar-refractivity contribution in [3.05, 3.63) is 60.6 Å². The number of allylic oxidation sites excluding steroid dienone is 1. The van der Waals surface area contributed by atoms with E-state index < -0.39 is 6.04 Å². The van der Waals surface area contributed by atoms with Gasteiger partial charge >= 0.3 is 0 Å². The smallest absolute Gasteiger partial charge is 0.259 e. The Kier molecular flexibility index (Phi) is 5.96. The minimum atomic E-state index is -0.559. The number of amides is 3. The Bertz CT molecular complexity index is 1600. The molecule has 2 saturated heterocycles. The lowest BCUT2D eigenvalue weighted by molar-refractivity contribution is -0.137. The second-order valence-corrected chi connectivity index (χ2v) is 12.5. The number of likely N-dealkylation sites (tertiary alicyclic amines) is 1. The zero-order chi connectivity index (χ0) is 28.5. The number of rotatable bonds is 6. The van der Waals surface area contributed by atoms with E-state index in [1.807, 2.05) is 54.5 Å². The van der Waals surface area contributed by atoms with Gasteiger partial charge in [0.05, 0.1) is 23.6 Å². The van der Waals surface area contributed by atoms with Crippen LogP contribution in [0.3, 0.4) is 0 Å². The van der Waals surface area contributed by atoms with Crippen LogP contribution >= 0.6 is 0 Å². The third kappa shape index (κ3) is 4.21. The zero-order valence-corrected chi connectivity index (χ0v) is 23.7. The summed E-state index contributed by atoms with van der Waals surface area (Å²) in [7, 11) is 1.99. The van der Waals surface area contributed by atoms with E-state index in [2.05, 4.69) is 33.7 Å². The number of anilines is 3. The van der Waals surface area contributed by atoms with Gasteiger partial charge in [0.1, 0.15) is 6.04 Å². The normalized spacial score (nSPS) is 23.7. The monoisotopic (exact) mass is 552 g/mol. The first-order valence-electron chi connectivity index (χ1n) is 14.7. The Labute approximate surface area is 239 Å². The maximum absolute atomic E-state index is 13.5. The highest BCUT2D eigenvalue weighted by Crippen LogP contribution is 2.45. The highest BCUT2D eigenvalue weighted by atomic mass is 16.2. The van der Waals surface area contributed by atoms with Crippen LogP contribution in [0.2, 0.25) is 0 Å². The molecule has 4 heterocycles. The highest BCUT2D eigenvalue weighted by molar-refractivity contribution is 6.28. The van der Waals surface area contributed by atoms with Crippen LogP contribution in [0.25, 0.3) is 10.8 Å². The van der Waals surface area contributed by atoms with E-state index in [1.54, 1.807) is 4.90 Å². The third-order valence-corrected chi connectivity index (χ3v) is 9.68. The van der Waals surface area contributed by atoms with E-state index in [4.69, 9.17) is 0 Å². The molecule has 3 amide bonds. The molecule has 3 aliphatic heterocycles. The number of nitrogens with one attached hydrogen (secondary N) is 1. The van der Waals surface area contributed by atoms with E-state index in [0.29, 0.717) is 35.9 Å². The molecule has 1 N–H and O–H groups in total. The lowest BCUT2D eigenvalue weighted by atomic mass is 9.70. The summed E-state index contributed by atoms with van der Waals surface area (Å²) in [6, 6.07) is 9.20. The molecule has 3 aromatic rings. The fourth-order valence-corrected chi connectivity index (χ4v) is 7.10. The van der Waals surface area contributed by atoms with E-state index in [9.17, 15) is 14.4 Å². The molecule has 9 heteroatoms. The van der Waals surface area contributed by atoms with Crippen LogP contribution in [-0.4, -0.2) is 58.6 Å². The zero-order valence-electron chi connectivity index (χ0n) is 23.7. The van der Waals surface area contributed by atoms with Crippen molar-refractivity contribution < 1.29 is 14.4 Å². The van der Waals surface area contributed by atoms with Gasteiger partial charge in [-0.3, -0.25) is 24.0 Å². The summed E-state index contributed by atoms with van der Waals surface area (Å²) in [5, 5.41) is 9.29. The molecule has 1 saturated carbocycles. The standard InChI is InChI=1S/C32H36N6O3/c1-20-8-9-27(30(40)34-20)38-26-11-10-25(23-6-4-7-24(29(23)26)31(38)41)35(3)22-17-33-37(18-22)21-12-15-36(28(39)16-21)19-32(2)13-5-14-32/h4,6-7,10-11,17-18,21,27H,1,5,8-9,12-16,19H2,2-3H3,(H,34,40). The van der Waals surface area contributed by atoms with Crippen LogP contribution in [0.5, 0.6) is 0 Å². The maximum atomic E-state index is 13.5. The van der Waals surface area contributed by atoms with Gasteiger partial charge in [0.25, 0.3) is 5.91 Å². The molecule has 2 atom stereocenters. The minimum absolute atomic E-state index is 0.0480. The summed E-state index contributed by atoms with van der Waals surface area (Å²) in [5.74, 6) is -0.114. The molecule has 3 fully saturated rings. The van der Waals surface area contributed by atoms with Gasteiger partial charge in [-0.15, -0.1) is 0 Å². The van der Waals surface area contributed by atoms with Crippen LogP contribution in [0, 0.1) is 5.41 Å². The Morgan fingerprint density at radius 3 is 2.71 bits per heavy atom. The van der Waals surface area contributed by atoms with Gasteiger partial charge < -0.3 is 15.1 Å². The number of carbonyl (C=O) groups is 3. The first-order chi connectivity index (χ1) is 19.7. The molecule has 4 aliphatic rings. The summed E-state index contributed by atoms with van der Waals surface area (Å²) in [5.41, 5.74) is 4.22. The Balaban J connectivity index is 1.13. The van der Waals surface area contributed by atoms with Crippen molar-refractivity contribution in [2.45, 2.75) is 64.0 Å². The highest BCUT2D eigenvalue weighted by Gasteiger charge is 2.40. The van der Waals surface area contributed by atoms with Crippen LogP contribution < -0.4 is 15.1 Å². The summed E-state index contributed by atoms with van der Waals surface area (Å²) in [4.78, 5) is 45.1. The van der Waals surface area contributed by atoms with Crippen molar-refractivity contribution in [1.29, 1.82) is 0 Å². The second-order valence-electron chi connectivity index (χ2n) is 12.5. The molecule has 0 radical (unpaired) electrons. The quantitative estimate of drug-likeness (QED) is 0.469. The van der Waals surface area contributed by atoms with Gasteiger partial charge in [-0.05, 0) is 55.7 Å². The predicted octanol–water partition coefficient (Wildman–Crippen LogP) is 4.91. The SMILES string of the molecule is C=C1CCC(N2C(=O)c3cccc4c(N(C)c5cnn(C6CCN(CC7(C)CCC7)C(=O)C6)c5)ccc2c34)C(=O)N1. The number of aromatic nitrogens is 2. The van der Waals surface area contributed by atoms with Crippen molar-refractivity contribution in [3.8, 4) is 0 Å². The van der Waals surface area contributed by atoms with Crippen LogP contribution in [-0.2, 0) is 9.59 Å². The topological polar surface area (TPSA) is 90.8 Å². The fourth-order valence-electron chi connectivity index (χ4n) is 7.10. The first kappa shape index (κ1) is 25.8. The number of piperidine rings is 2. The van der Waals surface area contributed by atoms with Gasteiger partial charge in [-0.2, -0.15) is 5.10 Å². The van der Waals surface area contributed by atoms with Gasteiger partial charge in [0, 0.05) is 60.5 Å². The van der Waals surface area contributed by atoms with E-state index in [-0.39, 0.29) is 23.8 Å². The molecule has 212 valence electrons. The summed E-state index contributed by atoms with van der Waals surface area (Å²) >= 11 is 0. The van der Waals surface area contributed by atoms with E-state index in [1.165, 1.54) is 19.3 Å². The number of nitrogens with zero attached hydrogens (tertiary/aromatic N) is 5. The fraction of sp³-hybridized carbons (Fsp3) is 0.438. The van der Waals surface area contributed by atoms with Gasteiger partial charge in [-0.25, -0.2) is 0 Å². The number of benzene rings is 2. The molecule has 0 bridgehead atoms. The van der Waals surface area contributed by atoms with Crippen molar-refractivity contribution in [1.82, 2.24) is 20.0 Å². The third-order valence-electron chi connectivity index (χ3n) is 9.68. The van der Waals surface area contributed by atoms with Crippen molar-refractivity contribution in [3.63, 3.8) is 0 Å². The Hall–Kier alpha value is -4.14. The lowest BCUT2D eigenvalue weighted by Crippen LogP contribution is -2.51. The second kappa shape index (κ2) is 9.46. The van der Waals surface area contributed by atoms with E-state index in [0.717, 1.165) is 47.3 Å². The molecule has 9 nitrogen and oxygen atoms in total. The minimum Gasteiger partial charge on any atom is -0.342 e. The molecule has 0 spiro atoms. The maximum Gasteiger partial charge on any atom is 0.259 e.